The molecule has 0 fully saturated rings. The number of pyridine rings is 1. The van der Waals surface area contributed by atoms with Crippen LogP contribution in [0.25, 0.3) is 0 Å². The number of rotatable bonds is 4. The van der Waals surface area contributed by atoms with Gasteiger partial charge < -0.3 is 5.11 Å². The van der Waals surface area contributed by atoms with E-state index in [4.69, 9.17) is 0 Å². The summed E-state index contributed by atoms with van der Waals surface area (Å²) in [6.45, 7) is 4.01. The Morgan fingerprint density at radius 1 is 1.28 bits per heavy atom. The van der Waals surface area contributed by atoms with E-state index in [1.807, 2.05) is 43.8 Å². The van der Waals surface area contributed by atoms with E-state index < -0.39 is 6.10 Å². The van der Waals surface area contributed by atoms with E-state index in [9.17, 15) is 5.11 Å². The Hall–Kier alpha value is -1.68. The Bertz CT molecular complexity index is 519. The summed E-state index contributed by atoms with van der Waals surface area (Å²) in [5.41, 5.74) is 4.17. The fourth-order valence-corrected chi connectivity index (χ4v) is 2.18. The number of hydrogen-bond acceptors (Lipinski definition) is 3. The van der Waals surface area contributed by atoms with Gasteiger partial charge in [0.15, 0.2) is 0 Å². The zero-order chi connectivity index (χ0) is 13.1. The van der Waals surface area contributed by atoms with E-state index in [2.05, 4.69) is 10.1 Å². The van der Waals surface area contributed by atoms with Gasteiger partial charge >= 0.3 is 0 Å². The lowest BCUT2D eigenvalue weighted by atomic mass is 10.0. The molecule has 4 heteroatoms. The molecule has 18 heavy (non-hydrogen) atoms. The Kier molecular flexibility index (Phi) is 3.77. The SMILES string of the molecule is Cc1nn(C)c(C)c1CC(O)Cc1ccccn1. The van der Waals surface area contributed by atoms with Crippen molar-refractivity contribution in [3.63, 3.8) is 0 Å². The standard InChI is InChI=1S/C14H19N3O/c1-10-14(11(2)17(3)16-10)9-13(18)8-12-6-4-5-7-15-12/h4-7,13,18H,8-9H2,1-3H3. The summed E-state index contributed by atoms with van der Waals surface area (Å²) in [6.07, 6.45) is 2.54. The molecule has 2 rings (SSSR count). The molecule has 0 amide bonds. The molecule has 2 aromatic heterocycles. The van der Waals surface area contributed by atoms with Gasteiger partial charge in [-0.15, -0.1) is 0 Å². The van der Waals surface area contributed by atoms with Crippen LogP contribution in [0.4, 0.5) is 0 Å². The van der Waals surface area contributed by atoms with E-state index in [-0.39, 0.29) is 0 Å². The first-order chi connectivity index (χ1) is 8.58. The second-order valence-electron chi connectivity index (χ2n) is 4.66. The smallest absolute Gasteiger partial charge is 0.0637 e. The average Bonchev–Trinajstić information content (AvgIpc) is 2.57. The quantitative estimate of drug-likeness (QED) is 0.889. The van der Waals surface area contributed by atoms with Crippen LogP contribution in [0.15, 0.2) is 24.4 Å². The van der Waals surface area contributed by atoms with Crippen molar-refractivity contribution in [3.8, 4) is 0 Å². The molecule has 0 bridgehead atoms. The molecule has 0 aliphatic rings. The van der Waals surface area contributed by atoms with Crippen molar-refractivity contribution in [2.24, 2.45) is 7.05 Å². The minimum absolute atomic E-state index is 0.415. The molecule has 0 aliphatic carbocycles. The molecule has 4 nitrogen and oxygen atoms in total. The van der Waals surface area contributed by atoms with Gasteiger partial charge in [0.25, 0.3) is 0 Å². The minimum atomic E-state index is -0.415. The highest BCUT2D eigenvalue weighted by molar-refractivity contribution is 5.25. The molecule has 2 aromatic rings. The van der Waals surface area contributed by atoms with Crippen molar-refractivity contribution in [1.29, 1.82) is 0 Å². The molecule has 2 heterocycles. The molecule has 96 valence electrons. The Balaban J connectivity index is 2.05. The third kappa shape index (κ3) is 2.76. The van der Waals surface area contributed by atoms with Gasteiger partial charge in [0.1, 0.15) is 0 Å². The van der Waals surface area contributed by atoms with Gasteiger partial charge in [0.2, 0.25) is 0 Å². The van der Waals surface area contributed by atoms with Crippen LogP contribution in [-0.4, -0.2) is 26.0 Å². The Labute approximate surface area is 107 Å². The number of aliphatic hydroxyl groups excluding tert-OH is 1. The lowest BCUT2D eigenvalue weighted by Crippen LogP contribution is -2.15. The summed E-state index contributed by atoms with van der Waals surface area (Å²) in [4.78, 5) is 4.23. The molecular formula is C14H19N3O. The van der Waals surface area contributed by atoms with Crippen LogP contribution in [0.2, 0.25) is 0 Å². The molecule has 0 aromatic carbocycles. The number of aromatic nitrogens is 3. The molecule has 1 N–H and O–H groups in total. The summed E-state index contributed by atoms with van der Waals surface area (Å²) in [5, 5.41) is 14.5. The van der Waals surface area contributed by atoms with Crippen LogP contribution in [0.5, 0.6) is 0 Å². The van der Waals surface area contributed by atoms with Gasteiger partial charge in [-0.25, -0.2) is 0 Å². The van der Waals surface area contributed by atoms with Gasteiger partial charge in [-0.05, 0) is 31.5 Å². The predicted molar refractivity (Wildman–Crippen MR) is 70.3 cm³/mol. The fourth-order valence-electron chi connectivity index (χ4n) is 2.18. The second-order valence-corrected chi connectivity index (χ2v) is 4.66. The second kappa shape index (κ2) is 5.31. The van der Waals surface area contributed by atoms with Gasteiger partial charge in [-0.1, -0.05) is 6.07 Å². The first-order valence-electron chi connectivity index (χ1n) is 6.15. The van der Waals surface area contributed by atoms with Crippen LogP contribution in [0.3, 0.4) is 0 Å². The van der Waals surface area contributed by atoms with Crippen molar-refractivity contribution in [3.05, 3.63) is 47.0 Å². The van der Waals surface area contributed by atoms with Gasteiger partial charge in [0, 0.05) is 37.5 Å². The van der Waals surface area contributed by atoms with Crippen molar-refractivity contribution in [2.75, 3.05) is 0 Å². The average molecular weight is 245 g/mol. The van der Waals surface area contributed by atoms with Crippen LogP contribution in [-0.2, 0) is 19.9 Å². The van der Waals surface area contributed by atoms with Crippen molar-refractivity contribution in [1.82, 2.24) is 14.8 Å². The highest BCUT2D eigenvalue weighted by Crippen LogP contribution is 2.15. The first-order valence-corrected chi connectivity index (χ1v) is 6.15. The summed E-state index contributed by atoms with van der Waals surface area (Å²) in [7, 11) is 1.93. The topological polar surface area (TPSA) is 50.9 Å². The van der Waals surface area contributed by atoms with Gasteiger partial charge in [-0.2, -0.15) is 5.10 Å². The molecule has 1 unspecified atom stereocenters. The molecular weight excluding hydrogens is 226 g/mol. The summed E-state index contributed by atoms with van der Waals surface area (Å²) < 4.78 is 1.86. The van der Waals surface area contributed by atoms with Crippen molar-refractivity contribution >= 4 is 0 Å². The van der Waals surface area contributed by atoms with Crippen LogP contribution < -0.4 is 0 Å². The molecule has 0 saturated carbocycles. The maximum absolute atomic E-state index is 10.1. The number of hydrogen-bond donors (Lipinski definition) is 1. The molecule has 1 atom stereocenters. The van der Waals surface area contributed by atoms with E-state index in [0.717, 1.165) is 22.6 Å². The van der Waals surface area contributed by atoms with Crippen LogP contribution >= 0.6 is 0 Å². The lowest BCUT2D eigenvalue weighted by Gasteiger charge is -2.10. The van der Waals surface area contributed by atoms with E-state index in [1.165, 1.54) is 0 Å². The Morgan fingerprint density at radius 3 is 2.61 bits per heavy atom. The van der Waals surface area contributed by atoms with Gasteiger partial charge in [0.05, 0.1) is 11.8 Å². The maximum Gasteiger partial charge on any atom is 0.0637 e. The van der Waals surface area contributed by atoms with Crippen LogP contribution in [0, 0.1) is 13.8 Å². The predicted octanol–water partition coefficient (Wildman–Crippen LogP) is 1.58. The van der Waals surface area contributed by atoms with Crippen LogP contribution in [0.1, 0.15) is 22.6 Å². The first kappa shape index (κ1) is 12.8. The monoisotopic (exact) mass is 245 g/mol. The summed E-state index contributed by atoms with van der Waals surface area (Å²) in [6, 6.07) is 5.76. The third-order valence-corrected chi connectivity index (χ3v) is 3.27. The summed E-state index contributed by atoms with van der Waals surface area (Å²) in [5.74, 6) is 0. The number of aliphatic hydroxyl groups is 1. The fraction of sp³-hybridized carbons (Fsp3) is 0.429. The maximum atomic E-state index is 10.1. The zero-order valence-corrected chi connectivity index (χ0v) is 11.1. The molecule has 0 saturated heterocycles. The molecule has 0 radical (unpaired) electrons. The Morgan fingerprint density at radius 2 is 2.06 bits per heavy atom. The van der Waals surface area contributed by atoms with E-state index in [1.54, 1.807) is 6.20 Å². The lowest BCUT2D eigenvalue weighted by molar-refractivity contribution is 0.174. The van der Waals surface area contributed by atoms with Crippen molar-refractivity contribution in [2.45, 2.75) is 32.8 Å². The van der Waals surface area contributed by atoms with Crippen molar-refractivity contribution < 1.29 is 5.11 Å². The third-order valence-electron chi connectivity index (χ3n) is 3.27. The zero-order valence-electron chi connectivity index (χ0n) is 11.1. The summed E-state index contributed by atoms with van der Waals surface area (Å²) >= 11 is 0. The largest absolute Gasteiger partial charge is 0.392 e. The van der Waals surface area contributed by atoms with E-state index in [0.29, 0.717) is 12.8 Å². The normalized spacial score (nSPS) is 12.7. The highest BCUT2D eigenvalue weighted by atomic mass is 16.3. The number of aryl methyl sites for hydroxylation is 2. The van der Waals surface area contributed by atoms with Gasteiger partial charge in [-0.3, -0.25) is 9.67 Å². The number of nitrogens with zero attached hydrogens (tertiary/aromatic N) is 3. The molecule has 0 aliphatic heterocycles. The van der Waals surface area contributed by atoms with E-state index >= 15 is 0 Å². The minimum Gasteiger partial charge on any atom is -0.392 e. The molecule has 0 spiro atoms. The highest BCUT2D eigenvalue weighted by Gasteiger charge is 2.14.